The van der Waals surface area contributed by atoms with Gasteiger partial charge < -0.3 is 15.1 Å². The molecule has 0 aromatic rings. The van der Waals surface area contributed by atoms with Gasteiger partial charge in [-0.3, -0.25) is 14.4 Å². The molecule has 0 aliphatic heterocycles. The van der Waals surface area contributed by atoms with E-state index in [1.165, 1.54) is 6.92 Å². The quantitative estimate of drug-likeness (QED) is 0.599. The molecule has 8 nitrogen and oxygen atoms in total. The fourth-order valence-electron chi connectivity index (χ4n) is 1.53. The first-order chi connectivity index (χ1) is 8.59. The number of rotatable bonds is 8. The number of sulfone groups is 1. The number of carboxylic acid groups (broad SMARTS) is 2. The van der Waals surface area contributed by atoms with Crippen LogP contribution in [0.4, 0.5) is 0 Å². The molecule has 0 bridgehead atoms. The van der Waals surface area contributed by atoms with Crippen LogP contribution in [0.3, 0.4) is 0 Å². The van der Waals surface area contributed by atoms with Gasteiger partial charge in [0, 0.05) is 12.8 Å². The van der Waals surface area contributed by atoms with Crippen LogP contribution in [0, 0.1) is 0 Å². The van der Waals surface area contributed by atoms with Crippen molar-refractivity contribution in [2.24, 2.45) is 0 Å². The van der Waals surface area contributed by atoms with E-state index in [0.29, 0.717) is 0 Å². The Morgan fingerprint density at radius 3 is 2.00 bits per heavy atom. The van der Waals surface area contributed by atoms with Crippen LogP contribution in [0.2, 0.25) is 0 Å². The third-order valence-electron chi connectivity index (χ3n) is 2.40. The van der Waals surface area contributed by atoms with Crippen molar-refractivity contribution in [1.82, 2.24) is 4.90 Å². The molecule has 0 saturated carbocycles. The summed E-state index contributed by atoms with van der Waals surface area (Å²) < 4.78 is 22.8. The van der Waals surface area contributed by atoms with Crippen LogP contribution in [0.25, 0.3) is 0 Å². The number of aliphatic carboxylic acids is 2. The minimum atomic E-state index is -3.67. The van der Waals surface area contributed by atoms with Crippen LogP contribution in [-0.4, -0.2) is 66.0 Å². The van der Waals surface area contributed by atoms with E-state index >= 15 is 0 Å². The fourth-order valence-corrected chi connectivity index (χ4v) is 2.65. The second-order valence-electron chi connectivity index (χ2n) is 4.02. The number of hydrogen-bond donors (Lipinski definition) is 2. The van der Waals surface area contributed by atoms with Gasteiger partial charge in [-0.05, 0) is 6.42 Å². The summed E-state index contributed by atoms with van der Waals surface area (Å²) in [7, 11) is -3.67. The molecule has 0 aliphatic rings. The first-order valence-electron chi connectivity index (χ1n) is 5.50. The Labute approximate surface area is 110 Å². The van der Waals surface area contributed by atoms with Gasteiger partial charge in [-0.1, -0.05) is 6.92 Å². The van der Waals surface area contributed by atoms with E-state index in [9.17, 15) is 22.8 Å². The van der Waals surface area contributed by atoms with E-state index in [1.54, 1.807) is 0 Å². The third-order valence-corrected chi connectivity index (χ3v) is 3.97. The summed E-state index contributed by atoms with van der Waals surface area (Å²) in [5.74, 6) is -3.41. The first kappa shape index (κ1) is 17.4. The van der Waals surface area contributed by atoms with Gasteiger partial charge in [0.15, 0.2) is 9.84 Å². The zero-order chi connectivity index (χ0) is 15.2. The Bertz CT molecular complexity index is 456. The molecule has 0 radical (unpaired) electrons. The highest BCUT2D eigenvalue weighted by Gasteiger charge is 2.32. The summed E-state index contributed by atoms with van der Waals surface area (Å²) in [6, 6.07) is 0. The molecule has 0 aromatic carbocycles. The molecule has 0 fully saturated rings. The highest BCUT2D eigenvalue weighted by molar-refractivity contribution is 7.92. The van der Waals surface area contributed by atoms with Crippen molar-refractivity contribution in [2.45, 2.75) is 25.0 Å². The molecule has 0 spiro atoms. The maximum Gasteiger partial charge on any atom is 0.323 e. The molecular formula is C10H17NO7S. The van der Waals surface area contributed by atoms with Gasteiger partial charge in [-0.25, -0.2) is 8.42 Å². The van der Waals surface area contributed by atoms with E-state index in [-0.39, 0.29) is 13.0 Å². The lowest BCUT2D eigenvalue weighted by molar-refractivity contribution is -0.146. The predicted octanol–water partition coefficient (Wildman–Crippen LogP) is -0.802. The van der Waals surface area contributed by atoms with Crippen molar-refractivity contribution >= 4 is 27.7 Å². The van der Waals surface area contributed by atoms with E-state index in [1.807, 2.05) is 0 Å². The predicted molar refractivity (Wildman–Crippen MR) is 65.4 cm³/mol. The second-order valence-corrected chi connectivity index (χ2v) is 6.25. The van der Waals surface area contributed by atoms with Crippen molar-refractivity contribution in [3.8, 4) is 0 Å². The van der Waals surface area contributed by atoms with Crippen molar-refractivity contribution in [2.75, 3.05) is 19.3 Å². The Morgan fingerprint density at radius 2 is 1.68 bits per heavy atom. The van der Waals surface area contributed by atoms with E-state index in [4.69, 9.17) is 10.2 Å². The summed E-state index contributed by atoms with van der Waals surface area (Å²) in [5, 5.41) is 15.8. The summed E-state index contributed by atoms with van der Waals surface area (Å²) in [4.78, 5) is 33.8. The Balaban J connectivity index is 5.07. The summed E-state index contributed by atoms with van der Waals surface area (Å²) in [6.45, 7) is 0.421. The monoisotopic (exact) mass is 295 g/mol. The molecule has 1 amide bonds. The maximum atomic E-state index is 12.0. The van der Waals surface area contributed by atoms with Crippen LogP contribution < -0.4 is 0 Å². The SMILES string of the molecule is CCC(C(=O)N(CCC(=O)O)CC(=O)O)S(C)(=O)=O. The first-order valence-corrected chi connectivity index (χ1v) is 7.46. The van der Waals surface area contributed by atoms with Gasteiger partial charge in [-0.15, -0.1) is 0 Å². The standard InChI is InChI=1S/C10H17NO7S/c1-3-7(19(2,17)18)10(16)11(6-9(14)15)5-4-8(12)13/h7H,3-6H2,1-2H3,(H,12,13)(H,14,15). The Hall–Kier alpha value is -1.64. The third kappa shape index (κ3) is 6.18. The highest BCUT2D eigenvalue weighted by atomic mass is 32.2. The highest BCUT2D eigenvalue weighted by Crippen LogP contribution is 2.09. The van der Waals surface area contributed by atoms with Crippen molar-refractivity contribution < 1.29 is 33.0 Å². The summed E-state index contributed by atoms with van der Waals surface area (Å²) in [5.41, 5.74) is 0. The molecule has 19 heavy (non-hydrogen) atoms. The molecule has 1 atom stereocenters. The van der Waals surface area contributed by atoms with Gasteiger partial charge in [0.25, 0.3) is 0 Å². The minimum Gasteiger partial charge on any atom is -0.481 e. The fraction of sp³-hybridized carbons (Fsp3) is 0.700. The van der Waals surface area contributed by atoms with Crippen LogP contribution >= 0.6 is 0 Å². The van der Waals surface area contributed by atoms with Gasteiger partial charge in [0.1, 0.15) is 11.8 Å². The molecule has 0 heterocycles. The summed E-state index contributed by atoms with van der Waals surface area (Å²) >= 11 is 0. The number of amides is 1. The molecule has 1 unspecified atom stereocenters. The van der Waals surface area contributed by atoms with E-state index in [2.05, 4.69) is 0 Å². The normalized spacial score (nSPS) is 12.7. The minimum absolute atomic E-state index is 0.000850. The van der Waals surface area contributed by atoms with Gasteiger partial charge in [0.2, 0.25) is 5.91 Å². The second kappa shape index (κ2) is 7.07. The van der Waals surface area contributed by atoms with Gasteiger partial charge >= 0.3 is 11.9 Å². The molecule has 0 rings (SSSR count). The van der Waals surface area contributed by atoms with Gasteiger partial charge in [-0.2, -0.15) is 0 Å². The molecular weight excluding hydrogens is 278 g/mol. The van der Waals surface area contributed by atoms with Crippen molar-refractivity contribution in [1.29, 1.82) is 0 Å². The van der Waals surface area contributed by atoms with Gasteiger partial charge in [0.05, 0.1) is 6.42 Å². The smallest absolute Gasteiger partial charge is 0.323 e. The molecule has 9 heteroatoms. The topological polar surface area (TPSA) is 129 Å². The molecule has 0 aromatic heterocycles. The van der Waals surface area contributed by atoms with Crippen LogP contribution in [-0.2, 0) is 24.2 Å². The average molecular weight is 295 g/mol. The molecule has 0 aliphatic carbocycles. The number of carboxylic acids is 2. The molecule has 2 N–H and O–H groups in total. The largest absolute Gasteiger partial charge is 0.481 e. The number of hydrogen-bond acceptors (Lipinski definition) is 5. The van der Waals surface area contributed by atoms with Crippen LogP contribution in [0.15, 0.2) is 0 Å². The Kier molecular flexibility index (Phi) is 6.46. The maximum absolute atomic E-state index is 12.0. The lowest BCUT2D eigenvalue weighted by Crippen LogP contribution is -2.45. The van der Waals surface area contributed by atoms with E-state index < -0.39 is 45.9 Å². The molecule has 0 saturated heterocycles. The number of carbonyl (C=O) groups excluding carboxylic acids is 1. The lowest BCUT2D eigenvalue weighted by atomic mass is 10.2. The van der Waals surface area contributed by atoms with Crippen molar-refractivity contribution in [3.05, 3.63) is 0 Å². The lowest BCUT2D eigenvalue weighted by Gasteiger charge is -2.24. The summed E-state index contributed by atoms with van der Waals surface area (Å²) in [6.07, 6.45) is 0.440. The van der Waals surface area contributed by atoms with Crippen molar-refractivity contribution in [3.63, 3.8) is 0 Å². The van der Waals surface area contributed by atoms with Crippen LogP contribution in [0.5, 0.6) is 0 Å². The van der Waals surface area contributed by atoms with Crippen LogP contribution in [0.1, 0.15) is 19.8 Å². The molecule has 110 valence electrons. The Morgan fingerprint density at radius 1 is 1.16 bits per heavy atom. The number of nitrogens with zero attached hydrogens (tertiary/aromatic N) is 1. The zero-order valence-corrected chi connectivity index (χ0v) is 11.5. The zero-order valence-electron chi connectivity index (χ0n) is 10.7. The average Bonchev–Trinajstić information content (AvgIpc) is 2.22. The number of carbonyl (C=O) groups is 3. The van der Waals surface area contributed by atoms with E-state index in [0.717, 1.165) is 11.2 Å².